The number of carbonyl (C=O) groups excluding carboxylic acids is 1. The van der Waals surface area contributed by atoms with Crippen LogP contribution >= 0.6 is 0 Å². The summed E-state index contributed by atoms with van der Waals surface area (Å²) >= 11 is 0. The fourth-order valence-corrected chi connectivity index (χ4v) is 8.90. The van der Waals surface area contributed by atoms with Gasteiger partial charge in [-0.2, -0.15) is 36.8 Å². The first-order valence-electron chi connectivity index (χ1n) is 17.4. The molecule has 5 N–H and O–H groups in total. The van der Waals surface area contributed by atoms with Crippen LogP contribution in [0.2, 0.25) is 0 Å². The number of nitrogens with one attached hydrogen (secondary N) is 3. The molecular formula is C36H34N8O12S4. The quantitative estimate of drug-likeness (QED) is 0.0619. The minimum atomic E-state index is -4.84. The Morgan fingerprint density at radius 2 is 1.12 bits per heavy atom. The van der Waals surface area contributed by atoms with Crippen molar-refractivity contribution in [1.82, 2.24) is 20.0 Å². The molecule has 1 aromatic heterocycles. The molecule has 0 spiro atoms. The van der Waals surface area contributed by atoms with Crippen molar-refractivity contribution in [3.63, 3.8) is 0 Å². The van der Waals surface area contributed by atoms with Crippen molar-refractivity contribution in [2.75, 3.05) is 39.9 Å². The number of hydrogen-bond acceptors (Lipinski definition) is 17. The minimum absolute atomic E-state index is 0.103. The number of carbonyl (C=O) groups is 1. The monoisotopic (exact) mass is 898 g/mol. The number of rotatable bonds is 18. The average Bonchev–Trinajstić information content (AvgIpc) is 3.48. The fraction of sp³-hybridized carbons (Fsp3) is 0.139. The lowest BCUT2D eigenvalue weighted by molar-refractivity contribution is -0.121. The van der Waals surface area contributed by atoms with E-state index in [1.54, 1.807) is 36.4 Å². The van der Waals surface area contributed by atoms with Gasteiger partial charge in [-0.25, -0.2) is 26.0 Å². The van der Waals surface area contributed by atoms with Crippen molar-refractivity contribution < 1.29 is 51.8 Å². The van der Waals surface area contributed by atoms with E-state index < -0.39 is 70.0 Å². The molecule has 0 fully saturated rings. The van der Waals surface area contributed by atoms with Crippen molar-refractivity contribution in [2.24, 2.45) is 4.99 Å². The standard InChI is InChI=1S/C36H34N8O12S4/c45-33-31(24-25-8-3-1-4-9-25)39-32(26-10-5-2-6-11-26)44(33)43-36-41-34(37-27-12-16-29(17-13-27)57(46,47)21-7-22-59(50,51)52)40-35(42-36)38-28-14-18-30(19-15-28)58(48,49)23-20-56-60(53,54)55/h1-6,8-19,24H,7,20-23H2,(H,50,51,52)(H,53,54,55)(H3,37,38,40,41,42,43)/b31-24-. The van der Waals surface area contributed by atoms with E-state index in [1.807, 2.05) is 30.3 Å². The van der Waals surface area contributed by atoms with Crippen LogP contribution in [-0.4, -0.2) is 98.3 Å². The first-order valence-corrected chi connectivity index (χ1v) is 23.7. The number of amides is 1. The average molecular weight is 899 g/mol. The van der Waals surface area contributed by atoms with Crippen LogP contribution in [0.25, 0.3) is 6.08 Å². The van der Waals surface area contributed by atoms with E-state index in [1.165, 1.54) is 48.5 Å². The summed E-state index contributed by atoms with van der Waals surface area (Å²) in [5, 5.41) is 7.03. The first-order chi connectivity index (χ1) is 28.3. The van der Waals surface area contributed by atoms with Gasteiger partial charge in [0.1, 0.15) is 5.70 Å². The van der Waals surface area contributed by atoms with Crippen LogP contribution in [0.15, 0.2) is 130 Å². The highest BCUT2D eigenvalue weighted by Gasteiger charge is 2.32. The summed E-state index contributed by atoms with van der Waals surface area (Å²) in [6.45, 7) is -0.813. The second-order valence-corrected chi connectivity index (χ2v) is 19.5. The SMILES string of the molecule is O=C1/C(=C/c2ccccc2)N=C(c2ccccc2)N1Nc1nc(Nc2ccc(S(=O)(=O)CCCS(=O)(=O)O)cc2)nc(Nc2ccc(S(=O)(=O)CCOS(=O)(=O)O)cc2)n1. The maximum Gasteiger partial charge on any atom is 0.397 e. The summed E-state index contributed by atoms with van der Waals surface area (Å²) in [5.41, 5.74) is 4.89. The smallest absolute Gasteiger partial charge is 0.324 e. The summed E-state index contributed by atoms with van der Waals surface area (Å²) in [5.74, 6) is -2.72. The number of benzene rings is 4. The molecule has 2 heterocycles. The third kappa shape index (κ3) is 12.0. The summed E-state index contributed by atoms with van der Waals surface area (Å²) in [4.78, 5) is 31.5. The van der Waals surface area contributed by atoms with E-state index in [2.05, 4.69) is 40.2 Å². The second kappa shape index (κ2) is 18.0. The highest BCUT2D eigenvalue weighted by atomic mass is 32.3. The number of sulfone groups is 2. The molecule has 0 bridgehead atoms. The Hall–Kier alpha value is -6.15. The van der Waals surface area contributed by atoms with Gasteiger partial charge in [-0.15, -0.1) is 0 Å². The van der Waals surface area contributed by atoms with Gasteiger partial charge < -0.3 is 10.6 Å². The molecular weight excluding hydrogens is 865 g/mol. The molecule has 4 aromatic carbocycles. The Bertz CT molecular complexity index is 2750. The molecule has 1 aliphatic rings. The molecule has 314 valence electrons. The molecule has 0 radical (unpaired) electrons. The minimum Gasteiger partial charge on any atom is -0.324 e. The number of hydrogen-bond donors (Lipinski definition) is 5. The number of amidine groups is 1. The zero-order valence-corrected chi connectivity index (χ0v) is 34.1. The number of aromatic nitrogens is 3. The molecule has 0 saturated carbocycles. The normalized spacial score (nSPS) is 14.2. The Kier molecular flexibility index (Phi) is 13.0. The van der Waals surface area contributed by atoms with Crippen LogP contribution in [0.3, 0.4) is 0 Å². The highest BCUT2D eigenvalue weighted by molar-refractivity contribution is 7.91. The van der Waals surface area contributed by atoms with Crippen molar-refractivity contribution in [3.05, 3.63) is 126 Å². The largest absolute Gasteiger partial charge is 0.397 e. The molecule has 0 unspecified atom stereocenters. The van der Waals surface area contributed by atoms with E-state index in [4.69, 9.17) is 9.11 Å². The molecule has 1 amide bonds. The molecule has 0 aliphatic carbocycles. The number of anilines is 5. The zero-order valence-electron chi connectivity index (χ0n) is 30.9. The topological polar surface area (TPSA) is 294 Å². The summed E-state index contributed by atoms with van der Waals surface area (Å²) in [6, 6.07) is 28.5. The van der Waals surface area contributed by atoms with Crippen LogP contribution in [0, 0.1) is 0 Å². The number of aliphatic imine (C=N–C) groups is 1. The highest BCUT2D eigenvalue weighted by Crippen LogP contribution is 2.26. The summed E-state index contributed by atoms with van der Waals surface area (Å²) in [6.07, 6.45) is 1.30. The number of nitrogens with zero attached hydrogens (tertiary/aromatic N) is 5. The van der Waals surface area contributed by atoms with Crippen molar-refractivity contribution in [1.29, 1.82) is 0 Å². The first kappa shape index (κ1) is 43.4. The van der Waals surface area contributed by atoms with E-state index in [9.17, 15) is 38.5 Å². The lowest BCUT2D eigenvalue weighted by Crippen LogP contribution is -2.38. The van der Waals surface area contributed by atoms with Crippen LogP contribution in [0.5, 0.6) is 0 Å². The van der Waals surface area contributed by atoms with Gasteiger partial charge in [0.15, 0.2) is 25.5 Å². The third-order valence-electron chi connectivity index (χ3n) is 8.18. The maximum absolute atomic E-state index is 13.9. The molecule has 1 aliphatic heterocycles. The predicted molar refractivity (Wildman–Crippen MR) is 220 cm³/mol. The van der Waals surface area contributed by atoms with Gasteiger partial charge in [-0.05, 0) is 66.6 Å². The van der Waals surface area contributed by atoms with Crippen LogP contribution in [-0.2, 0) is 49.2 Å². The van der Waals surface area contributed by atoms with Crippen LogP contribution < -0.4 is 16.1 Å². The maximum atomic E-state index is 13.9. The van der Waals surface area contributed by atoms with Crippen molar-refractivity contribution in [2.45, 2.75) is 16.2 Å². The Morgan fingerprint density at radius 3 is 1.63 bits per heavy atom. The van der Waals surface area contributed by atoms with Gasteiger partial charge in [-0.3, -0.25) is 19.3 Å². The molecule has 6 rings (SSSR count). The van der Waals surface area contributed by atoms with Gasteiger partial charge in [0, 0.05) is 16.9 Å². The van der Waals surface area contributed by atoms with Gasteiger partial charge in [-0.1, -0.05) is 60.7 Å². The van der Waals surface area contributed by atoms with Gasteiger partial charge in [0.2, 0.25) is 17.8 Å². The van der Waals surface area contributed by atoms with Gasteiger partial charge in [0.05, 0.1) is 33.7 Å². The van der Waals surface area contributed by atoms with Crippen LogP contribution in [0.4, 0.5) is 29.2 Å². The Balaban J connectivity index is 1.30. The molecule has 0 atom stereocenters. The molecule has 24 heteroatoms. The Labute approximate surface area is 344 Å². The molecule has 0 saturated heterocycles. The van der Waals surface area contributed by atoms with Crippen molar-refractivity contribution in [3.8, 4) is 0 Å². The summed E-state index contributed by atoms with van der Waals surface area (Å²) < 4.78 is 117. The number of hydrazine groups is 1. The lowest BCUT2D eigenvalue weighted by Gasteiger charge is -2.20. The Morgan fingerprint density at radius 1 is 0.617 bits per heavy atom. The van der Waals surface area contributed by atoms with E-state index in [0.717, 1.165) is 10.6 Å². The second-order valence-electron chi connectivity index (χ2n) is 12.6. The molecule has 20 nitrogen and oxygen atoms in total. The summed E-state index contributed by atoms with van der Waals surface area (Å²) in [7, 11) is -17.1. The lowest BCUT2D eigenvalue weighted by atomic mass is 10.2. The van der Waals surface area contributed by atoms with E-state index >= 15 is 0 Å². The van der Waals surface area contributed by atoms with E-state index in [0.29, 0.717) is 11.3 Å². The van der Waals surface area contributed by atoms with Crippen molar-refractivity contribution >= 4 is 87.2 Å². The molecule has 5 aromatic rings. The molecule has 60 heavy (non-hydrogen) atoms. The zero-order chi connectivity index (χ0) is 43.1. The van der Waals surface area contributed by atoms with E-state index in [-0.39, 0.29) is 51.3 Å². The third-order valence-corrected chi connectivity index (χ3v) is 13.0. The predicted octanol–water partition coefficient (Wildman–Crippen LogP) is 3.66. The van der Waals surface area contributed by atoms with Crippen LogP contribution in [0.1, 0.15) is 17.5 Å². The van der Waals surface area contributed by atoms with Gasteiger partial charge in [0.25, 0.3) is 16.0 Å². The fourth-order valence-electron chi connectivity index (χ4n) is 5.41. The van der Waals surface area contributed by atoms with Gasteiger partial charge >= 0.3 is 10.4 Å².